The Morgan fingerprint density at radius 1 is 1.00 bits per heavy atom. The molecule has 0 fully saturated rings. The highest BCUT2D eigenvalue weighted by molar-refractivity contribution is 5.79. The molecule has 0 aliphatic carbocycles. The molecule has 1 aliphatic heterocycles. The fourth-order valence-corrected chi connectivity index (χ4v) is 2.68. The summed E-state index contributed by atoms with van der Waals surface area (Å²) in [6.07, 6.45) is 1.24. The smallest absolute Gasteiger partial charge is 0.231 e. The molecule has 3 rings (SSSR count). The monoisotopic (exact) mass is 361 g/mol. The van der Waals surface area contributed by atoms with Gasteiger partial charge in [-0.05, 0) is 42.2 Å². The van der Waals surface area contributed by atoms with Crippen molar-refractivity contribution in [3.05, 3.63) is 59.2 Å². The number of halogens is 2. The number of hydrogen-bond donors (Lipinski definition) is 2. The van der Waals surface area contributed by atoms with Crippen LogP contribution in [0.3, 0.4) is 0 Å². The van der Waals surface area contributed by atoms with Crippen LogP contribution < -0.4 is 20.1 Å². The van der Waals surface area contributed by atoms with Crippen molar-refractivity contribution in [2.75, 3.05) is 26.9 Å². The van der Waals surface area contributed by atoms with Gasteiger partial charge in [-0.25, -0.2) is 8.78 Å². The van der Waals surface area contributed by atoms with Crippen LogP contribution in [-0.2, 0) is 12.8 Å². The van der Waals surface area contributed by atoms with Gasteiger partial charge in [0, 0.05) is 26.2 Å². The van der Waals surface area contributed by atoms with E-state index in [1.807, 2.05) is 18.2 Å². The first-order valence-electron chi connectivity index (χ1n) is 8.42. The fourth-order valence-electron chi connectivity index (χ4n) is 2.68. The highest BCUT2D eigenvalue weighted by atomic mass is 19.1. The molecule has 5 nitrogen and oxygen atoms in total. The molecule has 138 valence electrons. The minimum atomic E-state index is -0.569. The summed E-state index contributed by atoms with van der Waals surface area (Å²) in [7, 11) is 1.67. The van der Waals surface area contributed by atoms with E-state index >= 15 is 0 Å². The molecule has 2 N–H and O–H groups in total. The van der Waals surface area contributed by atoms with Crippen LogP contribution in [0.1, 0.15) is 11.1 Å². The number of guanidine groups is 1. The van der Waals surface area contributed by atoms with E-state index in [0.717, 1.165) is 29.5 Å². The number of ether oxygens (including phenoxy) is 2. The highest BCUT2D eigenvalue weighted by Crippen LogP contribution is 2.32. The maximum absolute atomic E-state index is 13.6. The summed E-state index contributed by atoms with van der Waals surface area (Å²) in [6.45, 7) is 1.44. The van der Waals surface area contributed by atoms with Gasteiger partial charge in [-0.1, -0.05) is 12.1 Å². The number of hydrogen-bond acceptors (Lipinski definition) is 3. The van der Waals surface area contributed by atoms with Crippen LogP contribution in [0.25, 0.3) is 0 Å². The predicted molar refractivity (Wildman–Crippen MR) is 95.7 cm³/mol. The van der Waals surface area contributed by atoms with Crippen LogP contribution >= 0.6 is 0 Å². The minimum absolute atomic E-state index is 0.266. The Morgan fingerprint density at radius 2 is 1.77 bits per heavy atom. The first-order chi connectivity index (χ1) is 12.7. The Kier molecular flexibility index (Phi) is 5.88. The van der Waals surface area contributed by atoms with E-state index in [1.54, 1.807) is 7.05 Å². The number of benzene rings is 2. The predicted octanol–water partition coefficient (Wildman–Crippen LogP) is 2.64. The zero-order chi connectivity index (χ0) is 18.4. The number of nitrogens with one attached hydrogen (secondary N) is 2. The second-order valence-corrected chi connectivity index (χ2v) is 5.85. The minimum Gasteiger partial charge on any atom is -0.454 e. The average molecular weight is 361 g/mol. The number of rotatable bonds is 6. The lowest BCUT2D eigenvalue weighted by Gasteiger charge is -2.12. The van der Waals surface area contributed by atoms with Crippen molar-refractivity contribution in [2.45, 2.75) is 12.8 Å². The van der Waals surface area contributed by atoms with Crippen LogP contribution in [0.2, 0.25) is 0 Å². The molecular weight excluding hydrogens is 340 g/mol. The van der Waals surface area contributed by atoms with Crippen molar-refractivity contribution in [2.24, 2.45) is 4.99 Å². The Bertz CT molecular complexity index is 796. The van der Waals surface area contributed by atoms with Crippen molar-refractivity contribution < 1.29 is 18.3 Å². The number of nitrogens with zero attached hydrogens (tertiary/aromatic N) is 1. The van der Waals surface area contributed by atoms with E-state index in [9.17, 15) is 8.78 Å². The third-order valence-corrected chi connectivity index (χ3v) is 4.07. The second-order valence-electron chi connectivity index (χ2n) is 5.85. The SMILES string of the molecule is CN=C(NCCc1ccc2c(c1)OCO2)NCCc1ccc(F)cc1F. The van der Waals surface area contributed by atoms with Crippen LogP contribution in [0.5, 0.6) is 11.5 Å². The third-order valence-electron chi connectivity index (χ3n) is 4.07. The van der Waals surface area contributed by atoms with Crippen LogP contribution in [0.15, 0.2) is 41.4 Å². The van der Waals surface area contributed by atoms with Crippen LogP contribution in [0.4, 0.5) is 8.78 Å². The van der Waals surface area contributed by atoms with Gasteiger partial charge in [0.05, 0.1) is 0 Å². The van der Waals surface area contributed by atoms with Crippen LogP contribution in [0, 0.1) is 11.6 Å². The van der Waals surface area contributed by atoms with Gasteiger partial charge in [0.25, 0.3) is 0 Å². The van der Waals surface area contributed by atoms with Crippen molar-refractivity contribution in [1.82, 2.24) is 10.6 Å². The maximum atomic E-state index is 13.6. The van der Waals surface area contributed by atoms with Gasteiger partial charge in [0.1, 0.15) is 11.6 Å². The summed E-state index contributed by atoms with van der Waals surface area (Å²) in [6, 6.07) is 9.50. The van der Waals surface area contributed by atoms with Crippen molar-refractivity contribution in [3.8, 4) is 11.5 Å². The van der Waals surface area contributed by atoms with E-state index in [0.29, 0.717) is 31.0 Å². The zero-order valence-corrected chi connectivity index (χ0v) is 14.5. The van der Waals surface area contributed by atoms with E-state index in [4.69, 9.17) is 9.47 Å². The number of aliphatic imine (C=N–C) groups is 1. The third kappa shape index (κ3) is 4.62. The molecule has 1 aliphatic rings. The summed E-state index contributed by atoms with van der Waals surface area (Å²) in [5, 5.41) is 6.33. The zero-order valence-electron chi connectivity index (χ0n) is 14.5. The molecule has 0 aromatic heterocycles. The molecule has 2 aromatic carbocycles. The Morgan fingerprint density at radius 3 is 2.54 bits per heavy atom. The Labute approximate surface area is 151 Å². The van der Waals surface area contributed by atoms with Crippen molar-refractivity contribution >= 4 is 5.96 Å². The first-order valence-corrected chi connectivity index (χ1v) is 8.42. The van der Waals surface area contributed by atoms with Gasteiger partial charge in [-0.3, -0.25) is 4.99 Å². The van der Waals surface area contributed by atoms with Gasteiger partial charge in [-0.2, -0.15) is 0 Å². The van der Waals surface area contributed by atoms with Crippen molar-refractivity contribution in [3.63, 3.8) is 0 Å². The van der Waals surface area contributed by atoms with Crippen LogP contribution in [-0.4, -0.2) is 32.9 Å². The van der Waals surface area contributed by atoms with Gasteiger partial charge in [0.15, 0.2) is 17.5 Å². The average Bonchev–Trinajstić information content (AvgIpc) is 3.10. The van der Waals surface area contributed by atoms with Gasteiger partial charge < -0.3 is 20.1 Å². The standard InChI is InChI=1S/C19H21F2N3O2/c1-22-19(24-9-7-14-3-4-15(20)11-16(14)21)23-8-6-13-2-5-17-18(10-13)26-12-25-17/h2-5,10-11H,6-9,12H2,1H3,(H2,22,23,24). The molecule has 0 atom stereocenters. The van der Waals surface area contributed by atoms with E-state index < -0.39 is 11.6 Å². The molecule has 0 saturated heterocycles. The molecule has 0 unspecified atom stereocenters. The van der Waals surface area contributed by atoms with Gasteiger partial charge in [-0.15, -0.1) is 0 Å². The molecule has 26 heavy (non-hydrogen) atoms. The maximum Gasteiger partial charge on any atom is 0.231 e. The normalized spacial score (nSPS) is 13.0. The number of fused-ring (bicyclic) bond motifs is 1. The molecule has 0 bridgehead atoms. The molecule has 0 radical (unpaired) electrons. The van der Waals surface area contributed by atoms with E-state index in [1.165, 1.54) is 12.1 Å². The second kappa shape index (κ2) is 8.51. The Balaban J connectivity index is 1.42. The van der Waals surface area contributed by atoms with Gasteiger partial charge >= 0.3 is 0 Å². The molecule has 1 heterocycles. The topological polar surface area (TPSA) is 54.9 Å². The molecule has 0 spiro atoms. The lowest BCUT2D eigenvalue weighted by atomic mass is 10.1. The quantitative estimate of drug-likeness (QED) is 0.614. The van der Waals surface area contributed by atoms with E-state index in [2.05, 4.69) is 15.6 Å². The Hall–Kier alpha value is -2.83. The molecule has 0 saturated carbocycles. The highest BCUT2D eigenvalue weighted by Gasteiger charge is 2.13. The molecule has 7 heteroatoms. The summed E-state index contributed by atoms with van der Waals surface area (Å²) in [5.74, 6) is 1.07. The molecular formula is C19H21F2N3O2. The summed E-state index contributed by atoms with van der Waals surface area (Å²) >= 11 is 0. The lowest BCUT2D eigenvalue weighted by molar-refractivity contribution is 0.174. The van der Waals surface area contributed by atoms with Crippen molar-refractivity contribution in [1.29, 1.82) is 0 Å². The lowest BCUT2D eigenvalue weighted by Crippen LogP contribution is -2.39. The van der Waals surface area contributed by atoms with Gasteiger partial charge in [0.2, 0.25) is 6.79 Å². The summed E-state index contributed by atoms with van der Waals surface area (Å²) in [4.78, 5) is 4.14. The largest absolute Gasteiger partial charge is 0.454 e. The summed E-state index contributed by atoms with van der Waals surface area (Å²) < 4.78 is 37.2. The van der Waals surface area contributed by atoms with E-state index in [-0.39, 0.29) is 6.79 Å². The fraction of sp³-hybridized carbons (Fsp3) is 0.316. The molecule has 0 amide bonds. The molecule has 2 aromatic rings. The summed E-state index contributed by atoms with van der Waals surface area (Å²) in [5.41, 5.74) is 1.60. The first kappa shape index (κ1) is 18.0.